The van der Waals surface area contributed by atoms with Crippen LogP contribution in [-0.4, -0.2) is 43.9 Å². The van der Waals surface area contributed by atoms with Crippen molar-refractivity contribution in [3.05, 3.63) is 39.9 Å². The van der Waals surface area contributed by atoms with Gasteiger partial charge in [0.05, 0.1) is 17.2 Å². The van der Waals surface area contributed by atoms with E-state index in [1.54, 1.807) is 12.1 Å². The van der Waals surface area contributed by atoms with E-state index in [0.29, 0.717) is 25.5 Å². The van der Waals surface area contributed by atoms with E-state index >= 15 is 0 Å². The average molecular weight is 484 g/mol. The summed E-state index contributed by atoms with van der Waals surface area (Å²) < 4.78 is 22.4. The van der Waals surface area contributed by atoms with Gasteiger partial charge < -0.3 is 10.6 Å². The number of sulfone groups is 1. The summed E-state index contributed by atoms with van der Waals surface area (Å²) in [5.74, 6) is 0.694. The van der Waals surface area contributed by atoms with Crippen molar-refractivity contribution in [2.24, 2.45) is 4.99 Å². The lowest BCUT2D eigenvalue weighted by Crippen LogP contribution is -2.42. The third kappa shape index (κ3) is 10.2. The van der Waals surface area contributed by atoms with Crippen molar-refractivity contribution in [1.29, 1.82) is 0 Å². The van der Waals surface area contributed by atoms with Gasteiger partial charge in [-0.2, -0.15) is 0 Å². The number of nitrogens with zero attached hydrogens (tertiary/aromatic N) is 2. The highest BCUT2D eigenvalue weighted by Crippen LogP contribution is 2.12. The molecule has 25 heavy (non-hydrogen) atoms. The van der Waals surface area contributed by atoms with Gasteiger partial charge in [0, 0.05) is 31.0 Å². The van der Waals surface area contributed by atoms with Gasteiger partial charge in [-0.05, 0) is 25.8 Å². The van der Waals surface area contributed by atoms with Crippen LogP contribution in [0.3, 0.4) is 0 Å². The van der Waals surface area contributed by atoms with Crippen LogP contribution < -0.4 is 10.6 Å². The molecule has 142 valence electrons. The zero-order valence-electron chi connectivity index (χ0n) is 14.6. The Morgan fingerprint density at radius 3 is 2.40 bits per heavy atom. The molecule has 0 aliphatic carbocycles. The summed E-state index contributed by atoms with van der Waals surface area (Å²) in [7, 11) is -2.99. The van der Waals surface area contributed by atoms with Crippen LogP contribution in [0.15, 0.2) is 29.3 Å². The molecule has 2 N–H and O–H groups in total. The first-order valence-electron chi connectivity index (χ1n) is 7.67. The fourth-order valence-electron chi connectivity index (χ4n) is 1.91. The molecular formula is C15H25IN4O4S. The summed E-state index contributed by atoms with van der Waals surface area (Å²) in [5, 5.41) is 16.9. The van der Waals surface area contributed by atoms with Crippen LogP contribution in [0, 0.1) is 10.1 Å². The predicted molar refractivity (Wildman–Crippen MR) is 110 cm³/mol. The molecule has 0 aliphatic rings. The molecule has 0 fully saturated rings. The van der Waals surface area contributed by atoms with E-state index < -0.39 is 14.8 Å². The maximum Gasteiger partial charge on any atom is 0.269 e. The lowest BCUT2D eigenvalue weighted by atomic mass is 10.2. The molecule has 0 aromatic heterocycles. The van der Waals surface area contributed by atoms with Gasteiger partial charge in [0.15, 0.2) is 5.96 Å². The first-order valence-corrected chi connectivity index (χ1v) is 9.73. The molecule has 8 nitrogen and oxygen atoms in total. The number of nitro benzene ring substituents is 1. The Kier molecular flexibility index (Phi) is 10.6. The molecule has 0 spiro atoms. The molecule has 0 amide bonds. The Bertz CT molecular complexity index is 677. The Morgan fingerprint density at radius 2 is 1.92 bits per heavy atom. The van der Waals surface area contributed by atoms with Crippen LogP contribution in [0.4, 0.5) is 5.69 Å². The number of benzene rings is 1. The molecule has 0 saturated carbocycles. The summed E-state index contributed by atoms with van der Waals surface area (Å²) in [6, 6.07) is 6.17. The number of nitrogens with one attached hydrogen (secondary N) is 2. The maximum absolute atomic E-state index is 11.2. The zero-order chi connectivity index (χ0) is 18.2. The van der Waals surface area contributed by atoms with Gasteiger partial charge in [-0.25, -0.2) is 13.4 Å². The van der Waals surface area contributed by atoms with Crippen molar-refractivity contribution >= 4 is 45.5 Å². The minimum absolute atomic E-state index is 0. The topological polar surface area (TPSA) is 114 Å². The summed E-state index contributed by atoms with van der Waals surface area (Å²) >= 11 is 0. The van der Waals surface area contributed by atoms with Crippen LogP contribution in [0.5, 0.6) is 0 Å². The van der Waals surface area contributed by atoms with E-state index in [0.717, 1.165) is 5.56 Å². The van der Waals surface area contributed by atoms with Crippen LogP contribution >= 0.6 is 24.0 Å². The molecule has 1 atom stereocenters. The number of nitro groups is 1. The quantitative estimate of drug-likeness (QED) is 0.192. The standard InChI is InChI=1S/C15H24N4O4S.HI/c1-4-16-15(18-12(2)9-10-24(3,22)23)17-11-13-5-7-14(8-6-13)19(20)21;/h5-8,12H,4,9-11H2,1-3H3,(H2,16,17,18);1H. The van der Waals surface area contributed by atoms with Crippen molar-refractivity contribution in [3.8, 4) is 0 Å². The smallest absolute Gasteiger partial charge is 0.269 e. The second-order valence-corrected chi connectivity index (χ2v) is 7.84. The first kappa shape index (κ1) is 23.6. The van der Waals surface area contributed by atoms with Crippen molar-refractivity contribution < 1.29 is 13.3 Å². The number of halogens is 1. The van der Waals surface area contributed by atoms with Crippen LogP contribution in [0.2, 0.25) is 0 Å². The summed E-state index contributed by atoms with van der Waals surface area (Å²) in [5.41, 5.74) is 0.892. The van der Waals surface area contributed by atoms with Crippen LogP contribution in [-0.2, 0) is 16.4 Å². The second-order valence-electron chi connectivity index (χ2n) is 5.58. The number of guanidine groups is 1. The minimum Gasteiger partial charge on any atom is -0.357 e. The van der Waals surface area contributed by atoms with E-state index in [4.69, 9.17) is 0 Å². The Hall–Kier alpha value is -1.43. The summed E-state index contributed by atoms with van der Waals surface area (Å²) in [4.78, 5) is 14.6. The molecular weight excluding hydrogens is 459 g/mol. The molecule has 1 unspecified atom stereocenters. The van der Waals surface area contributed by atoms with Crippen molar-refractivity contribution in [3.63, 3.8) is 0 Å². The fourth-order valence-corrected chi connectivity index (χ4v) is 2.69. The molecule has 10 heteroatoms. The number of hydrogen-bond donors (Lipinski definition) is 2. The van der Waals surface area contributed by atoms with E-state index in [9.17, 15) is 18.5 Å². The lowest BCUT2D eigenvalue weighted by molar-refractivity contribution is -0.384. The average Bonchev–Trinajstić information content (AvgIpc) is 2.50. The highest BCUT2D eigenvalue weighted by molar-refractivity contribution is 14.0. The minimum atomic E-state index is -2.99. The van der Waals surface area contributed by atoms with Crippen molar-refractivity contribution in [2.45, 2.75) is 32.9 Å². The molecule has 1 aromatic rings. The van der Waals surface area contributed by atoms with Crippen LogP contribution in [0.25, 0.3) is 0 Å². The molecule has 0 bridgehead atoms. The Morgan fingerprint density at radius 1 is 1.32 bits per heavy atom. The third-order valence-electron chi connectivity index (χ3n) is 3.22. The lowest BCUT2D eigenvalue weighted by Gasteiger charge is -2.17. The predicted octanol–water partition coefficient (Wildman–Crippen LogP) is 2.09. The van der Waals surface area contributed by atoms with E-state index in [-0.39, 0.29) is 41.5 Å². The van der Waals surface area contributed by atoms with Gasteiger partial charge in [-0.1, -0.05) is 12.1 Å². The fraction of sp³-hybridized carbons (Fsp3) is 0.533. The van der Waals surface area contributed by atoms with Gasteiger partial charge in [-0.3, -0.25) is 10.1 Å². The summed E-state index contributed by atoms with van der Waals surface area (Å²) in [6.45, 7) is 4.87. The Labute approximate surface area is 165 Å². The monoisotopic (exact) mass is 484 g/mol. The van der Waals surface area contributed by atoms with Crippen molar-refractivity contribution in [1.82, 2.24) is 10.6 Å². The molecule has 0 radical (unpaired) electrons. The molecule has 0 aliphatic heterocycles. The molecule has 1 rings (SSSR count). The third-order valence-corrected chi connectivity index (χ3v) is 4.19. The van der Waals surface area contributed by atoms with Gasteiger partial charge in [0.1, 0.15) is 9.84 Å². The van der Waals surface area contributed by atoms with Gasteiger partial charge in [0.2, 0.25) is 0 Å². The van der Waals surface area contributed by atoms with Crippen molar-refractivity contribution in [2.75, 3.05) is 18.6 Å². The highest BCUT2D eigenvalue weighted by Gasteiger charge is 2.09. The highest BCUT2D eigenvalue weighted by atomic mass is 127. The van der Waals surface area contributed by atoms with Crippen LogP contribution in [0.1, 0.15) is 25.8 Å². The maximum atomic E-state index is 11.2. The number of non-ortho nitro benzene ring substituents is 1. The van der Waals surface area contributed by atoms with Gasteiger partial charge in [0.25, 0.3) is 5.69 Å². The zero-order valence-corrected chi connectivity index (χ0v) is 17.7. The largest absolute Gasteiger partial charge is 0.357 e. The second kappa shape index (κ2) is 11.2. The molecule has 0 heterocycles. The van der Waals surface area contributed by atoms with E-state index in [2.05, 4.69) is 15.6 Å². The summed E-state index contributed by atoms with van der Waals surface area (Å²) in [6.07, 6.45) is 1.70. The first-order chi connectivity index (χ1) is 11.2. The van der Waals surface area contributed by atoms with Gasteiger partial charge in [-0.15, -0.1) is 24.0 Å². The Balaban J connectivity index is 0.00000576. The molecule has 0 saturated heterocycles. The number of rotatable bonds is 8. The number of hydrogen-bond acceptors (Lipinski definition) is 5. The van der Waals surface area contributed by atoms with E-state index in [1.807, 2.05) is 13.8 Å². The normalized spacial score (nSPS) is 12.8. The molecule has 1 aromatic carbocycles. The number of aliphatic imine (C=N–C) groups is 1. The SMILES string of the molecule is CCNC(=NCc1ccc([N+](=O)[O-])cc1)NC(C)CCS(C)(=O)=O.I. The van der Waals surface area contributed by atoms with E-state index in [1.165, 1.54) is 18.4 Å². The van der Waals surface area contributed by atoms with Gasteiger partial charge >= 0.3 is 0 Å².